The topological polar surface area (TPSA) is 68.2 Å². The van der Waals surface area contributed by atoms with Crippen LogP contribution in [0.4, 0.5) is 11.5 Å². The second-order valence-corrected chi connectivity index (χ2v) is 5.58. The molecule has 2 aromatic heterocycles. The summed E-state index contributed by atoms with van der Waals surface area (Å²) in [4.78, 5) is 9.12. The Labute approximate surface area is 122 Å². The number of nitrogens with two attached hydrogens (primary N) is 1. The number of aromatic nitrogens is 3. The van der Waals surface area contributed by atoms with Crippen molar-refractivity contribution in [3.8, 4) is 11.3 Å². The highest BCUT2D eigenvalue weighted by molar-refractivity contribution is 5.70. The van der Waals surface area contributed by atoms with Crippen molar-refractivity contribution in [3.63, 3.8) is 0 Å². The van der Waals surface area contributed by atoms with Gasteiger partial charge in [-0.05, 0) is 30.9 Å². The second kappa shape index (κ2) is 4.77. The average Bonchev–Trinajstić information content (AvgIpc) is 3.21. The number of imidazole rings is 1. The molecule has 0 bridgehead atoms. The fraction of sp³-hybridized carbons (Fsp3) is 0.250. The SMILES string of the molecule is Nc1ccc(-c2cn3ccnc3c(NCC3CC3)n2)cc1. The summed E-state index contributed by atoms with van der Waals surface area (Å²) in [5.74, 6) is 1.64. The summed E-state index contributed by atoms with van der Waals surface area (Å²) in [5, 5.41) is 3.44. The van der Waals surface area contributed by atoms with Crippen LogP contribution in [0.1, 0.15) is 12.8 Å². The lowest BCUT2D eigenvalue weighted by molar-refractivity contribution is 0.882. The molecule has 0 atom stereocenters. The fourth-order valence-electron chi connectivity index (χ4n) is 2.41. The Hall–Kier alpha value is -2.56. The van der Waals surface area contributed by atoms with Crippen LogP contribution >= 0.6 is 0 Å². The molecular weight excluding hydrogens is 262 g/mol. The van der Waals surface area contributed by atoms with Crippen molar-refractivity contribution in [2.75, 3.05) is 17.6 Å². The van der Waals surface area contributed by atoms with Gasteiger partial charge in [-0.1, -0.05) is 12.1 Å². The quantitative estimate of drug-likeness (QED) is 0.721. The Morgan fingerprint density at radius 3 is 2.81 bits per heavy atom. The lowest BCUT2D eigenvalue weighted by Gasteiger charge is -2.09. The van der Waals surface area contributed by atoms with Gasteiger partial charge in [0.05, 0.1) is 5.69 Å². The van der Waals surface area contributed by atoms with Crippen molar-refractivity contribution in [2.45, 2.75) is 12.8 Å². The second-order valence-electron chi connectivity index (χ2n) is 5.58. The molecule has 4 rings (SSSR count). The number of rotatable bonds is 4. The fourth-order valence-corrected chi connectivity index (χ4v) is 2.41. The molecule has 1 aliphatic rings. The highest BCUT2D eigenvalue weighted by Crippen LogP contribution is 2.29. The van der Waals surface area contributed by atoms with E-state index >= 15 is 0 Å². The van der Waals surface area contributed by atoms with E-state index < -0.39 is 0 Å². The van der Waals surface area contributed by atoms with Gasteiger partial charge < -0.3 is 15.5 Å². The molecule has 2 heterocycles. The van der Waals surface area contributed by atoms with E-state index in [1.165, 1.54) is 12.8 Å². The summed E-state index contributed by atoms with van der Waals surface area (Å²) in [6, 6.07) is 7.77. The highest BCUT2D eigenvalue weighted by atomic mass is 15.1. The molecule has 1 aliphatic carbocycles. The number of anilines is 2. The van der Waals surface area contributed by atoms with Crippen molar-refractivity contribution in [2.24, 2.45) is 5.92 Å². The normalized spacial score (nSPS) is 14.5. The smallest absolute Gasteiger partial charge is 0.180 e. The number of hydrogen-bond acceptors (Lipinski definition) is 4. The molecular formula is C16H17N5. The first kappa shape index (κ1) is 12.2. The van der Waals surface area contributed by atoms with E-state index in [1.54, 1.807) is 6.20 Å². The maximum atomic E-state index is 5.75. The van der Waals surface area contributed by atoms with Crippen molar-refractivity contribution >= 4 is 17.2 Å². The van der Waals surface area contributed by atoms with Gasteiger partial charge in [-0.2, -0.15) is 0 Å². The van der Waals surface area contributed by atoms with Gasteiger partial charge in [-0.25, -0.2) is 9.97 Å². The molecule has 1 saturated carbocycles. The lowest BCUT2D eigenvalue weighted by Crippen LogP contribution is -2.07. The van der Waals surface area contributed by atoms with E-state index in [-0.39, 0.29) is 0 Å². The third kappa shape index (κ3) is 2.42. The van der Waals surface area contributed by atoms with Crippen molar-refractivity contribution in [1.82, 2.24) is 14.4 Å². The molecule has 0 amide bonds. The van der Waals surface area contributed by atoms with Gasteiger partial charge in [0.2, 0.25) is 0 Å². The average molecular weight is 279 g/mol. The third-order valence-electron chi connectivity index (χ3n) is 3.84. The summed E-state index contributed by atoms with van der Waals surface area (Å²) in [6.45, 7) is 0.973. The number of nitrogens with one attached hydrogen (secondary N) is 1. The molecule has 106 valence electrons. The molecule has 0 spiro atoms. The number of nitrogens with zero attached hydrogens (tertiary/aromatic N) is 3. The summed E-state index contributed by atoms with van der Waals surface area (Å²) in [6.07, 6.45) is 8.37. The maximum absolute atomic E-state index is 5.75. The molecule has 1 aromatic carbocycles. The highest BCUT2D eigenvalue weighted by Gasteiger charge is 2.21. The van der Waals surface area contributed by atoms with Crippen molar-refractivity contribution in [3.05, 3.63) is 42.9 Å². The number of hydrogen-bond donors (Lipinski definition) is 2. The standard InChI is InChI=1S/C16H17N5/c17-13-5-3-12(4-6-13)14-10-21-8-7-18-16(21)15(20-14)19-9-11-1-2-11/h3-8,10-11H,1-2,9,17H2,(H,19,20). The van der Waals surface area contributed by atoms with Crippen molar-refractivity contribution < 1.29 is 0 Å². The van der Waals surface area contributed by atoms with E-state index in [1.807, 2.05) is 41.1 Å². The van der Waals surface area contributed by atoms with Gasteiger partial charge in [0.25, 0.3) is 0 Å². The molecule has 21 heavy (non-hydrogen) atoms. The number of nitrogen functional groups attached to an aromatic ring is 1. The first-order valence-electron chi connectivity index (χ1n) is 7.23. The molecule has 0 radical (unpaired) electrons. The molecule has 5 nitrogen and oxygen atoms in total. The van der Waals surface area contributed by atoms with Gasteiger partial charge in [-0.3, -0.25) is 0 Å². The van der Waals surface area contributed by atoms with E-state index in [4.69, 9.17) is 10.7 Å². The van der Waals surface area contributed by atoms with E-state index in [2.05, 4.69) is 10.3 Å². The van der Waals surface area contributed by atoms with E-state index in [0.717, 1.165) is 40.9 Å². The zero-order chi connectivity index (χ0) is 14.2. The zero-order valence-electron chi connectivity index (χ0n) is 11.7. The molecule has 3 N–H and O–H groups in total. The van der Waals surface area contributed by atoms with Crippen LogP contribution in [-0.2, 0) is 0 Å². The van der Waals surface area contributed by atoms with Gasteiger partial charge in [0.15, 0.2) is 11.5 Å². The van der Waals surface area contributed by atoms with Crippen LogP contribution in [0.3, 0.4) is 0 Å². The largest absolute Gasteiger partial charge is 0.399 e. The predicted octanol–water partition coefficient (Wildman–Crippen LogP) is 2.80. The van der Waals surface area contributed by atoms with Gasteiger partial charge in [0.1, 0.15) is 0 Å². The van der Waals surface area contributed by atoms with Crippen molar-refractivity contribution in [1.29, 1.82) is 0 Å². The zero-order valence-corrected chi connectivity index (χ0v) is 11.7. The Morgan fingerprint density at radius 1 is 1.24 bits per heavy atom. The van der Waals surface area contributed by atoms with Crippen LogP contribution in [0.2, 0.25) is 0 Å². The summed E-state index contributed by atoms with van der Waals surface area (Å²) >= 11 is 0. The Morgan fingerprint density at radius 2 is 2.05 bits per heavy atom. The third-order valence-corrected chi connectivity index (χ3v) is 3.84. The molecule has 1 fully saturated rings. The minimum Gasteiger partial charge on any atom is -0.399 e. The molecule has 3 aromatic rings. The Kier molecular flexibility index (Phi) is 2.77. The van der Waals surface area contributed by atoms with Gasteiger partial charge >= 0.3 is 0 Å². The Bertz CT molecular complexity index is 771. The first-order valence-corrected chi connectivity index (χ1v) is 7.23. The van der Waals surface area contributed by atoms with Crippen LogP contribution in [0, 0.1) is 5.92 Å². The van der Waals surface area contributed by atoms with Crippen LogP contribution in [0.15, 0.2) is 42.9 Å². The summed E-state index contributed by atoms with van der Waals surface area (Å²) in [7, 11) is 0. The minimum atomic E-state index is 0.759. The monoisotopic (exact) mass is 279 g/mol. The molecule has 0 saturated heterocycles. The predicted molar refractivity (Wildman–Crippen MR) is 84.0 cm³/mol. The molecule has 0 aliphatic heterocycles. The first-order chi connectivity index (χ1) is 10.3. The van der Waals surface area contributed by atoms with Gasteiger partial charge in [-0.15, -0.1) is 0 Å². The van der Waals surface area contributed by atoms with Crippen LogP contribution in [-0.4, -0.2) is 20.9 Å². The van der Waals surface area contributed by atoms with E-state index in [0.29, 0.717) is 0 Å². The molecule has 0 unspecified atom stereocenters. The van der Waals surface area contributed by atoms with Crippen LogP contribution in [0.25, 0.3) is 16.9 Å². The lowest BCUT2D eigenvalue weighted by atomic mass is 10.1. The summed E-state index contributed by atoms with van der Waals surface area (Å²) in [5.41, 5.74) is 9.34. The summed E-state index contributed by atoms with van der Waals surface area (Å²) < 4.78 is 2.01. The Balaban J connectivity index is 1.75. The van der Waals surface area contributed by atoms with Crippen LogP contribution < -0.4 is 11.1 Å². The molecule has 5 heteroatoms. The maximum Gasteiger partial charge on any atom is 0.180 e. The van der Waals surface area contributed by atoms with Crippen LogP contribution in [0.5, 0.6) is 0 Å². The number of benzene rings is 1. The minimum absolute atomic E-state index is 0.759. The van der Waals surface area contributed by atoms with Gasteiger partial charge in [0, 0.05) is 36.4 Å². The number of fused-ring (bicyclic) bond motifs is 1. The van der Waals surface area contributed by atoms with E-state index in [9.17, 15) is 0 Å².